The van der Waals surface area contributed by atoms with E-state index in [1.807, 2.05) is 18.7 Å². The van der Waals surface area contributed by atoms with Crippen LogP contribution in [0.5, 0.6) is 0 Å². The molecule has 0 bridgehead atoms. The number of rotatable bonds is 6. The maximum absolute atomic E-state index is 6.47. The van der Waals surface area contributed by atoms with E-state index in [0.717, 1.165) is 46.5 Å². The molecule has 6 heteroatoms. The molecule has 1 unspecified atom stereocenters. The molecule has 110 valence electrons. The second-order valence-corrected chi connectivity index (χ2v) is 6.15. The van der Waals surface area contributed by atoms with Crippen molar-refractivity contribution in [2.45, 2.75) is 46.2 Å². The minimum atomic E-state index is 0.171. The lowest BCUT2D eigenvalue weighted by Gasteiger charge is -2.15. The van der Waals surface area contributed by atoms with E-state index in [-0.39, 0.29) is 6.04 Å². The van der Waals surface area contributed by atoms with E-state index in [1.165, 1.54) is 0 Å². The highest BCUT2D eigenvalue weighted by atomic mass is 35.5. The Bertz CT molecular complexity index is 576. The van der Waals surface area contributed by atoms with Crippen LogP contribution in [0, 0.1) is 6.92 Å². The Morgan fingerprint density at radius 3 is 2.70 bits per heavy atom. The summed E-state index contributed by atoms with van der Waals surface area (Å²) in [7, 11) is 1.96. The molecule has 2 rings (SSSR count). The van der Waals surface area contributed by atoms with Crippen molar-refractivity contribution in [1.29, 1.82) is 0 Å². The minimum absolute atomic E-state index is 0.171. The third-order valence-electron chi connectivity index (χ3n) is 3.43. The van der Waals surface area contributed by atoms with Crippen LogP contribution in [0.1, 0.15) is 42.0 Å². The van der Waals surface area contributed by atoms with Crippen molar-refractivity contribution in [3.05, 3.63) is 32.5 Å². The molecular formula is C14H21ClN4S. The van der Waals surface area contributed by atoms with Crippen LogP contribution in [0.25, 0.3) is 0 Å². The SMILES string of the molecule is CCc1nn(CC)c(CC(NC)c2csc(C)n2)c1Cl. The zero-order valence-electron chi connectivity index (χ0n) is 12.4. The van der Waals surface area contributed by atoms with Crippen LogP contribution in [0.4, 0.5) is 0 Å². The Morgan fingerprint density at radius 1 is 1.45 bits per heavy atom. The molecule has 0 fully saturated rings. The number of hydrogen-bond donors (Lipinski definition) is 1. The van der Waals surface area contributed by atoms with E-state index in [9.17, 15) is 0 Å². The fourth-order valence-electron chi connectivity index (χ4n) is 2.30. The van der Waals surface area contributed by atoms with Crippen molar-refractivity contribution in [1.82, 2.24) is 20.1 Å². The second-order valence-electron chi connectivity index (χ2n) is 4.71. The van der Waals surface area contributed by atoms with Gasteiger partial charge in [-0.15, -0.1) is 11.3 Å². The van der Waals surface area contributed by atoms with Gasteiger partial charge in [-0.25, -0.2) is 4.98 Å². The van der Waals surface area contributed by atoms with Crippen molar-refractivity contribution in [2.75, 3.05) is 7.05 Å². The highest BCUT2D eigenvalue weighted by molar-refractivity contribution is 7.09. The first kappa shape index (κ1) is 15.5. The molecule has 0 aromatic carbocycles. The highest BCUT2D eigenvalue weighted by Crippen LogP contribution is 2.27. The van der Waals surface area contributed by atoms with E-state index in [2.05, 4.69) is 34.6 Å². The number of hydrogen-bond acceptors (Lipinski definition) is 4. The summed E-state index contributed by atoms with van der Waals surface area (Å²) in [5, 5.41) is 11.9. The van der Waals surface area contributed by atoms with Crippen molar-refractivity contribution in [2.24, 2.45) is 0 Å². The Balaban J connectivity index is 2.29. The van der Waals surface area contributed by atoms with Gasteiger partial charge in [-0.1, -0.05) is 18.5 Å². The summed E-state index contributed by atoms with van der Waals surface area (Å²) in [6.07, 6.45) is 1.66. The Kier molecular flexibility index (Phi) is 5.18. The lowest BCUT2D eigenvalue weighted by molar-refractivity contribution is 0.532. The first-order valence-electron chi connectivity index (χ1n) is 6.94. The number of nitrogens with zero attached hydrogens (tertiary/aromatic N) is 3. The van der Waals surface area contributed by atoms with Crippen molar-refractivity contribution in [3.63, 3.8) is 0 Å². The van der Waals surface area contributed by atoms with Gasteiger partial charge in [0, 0.05) is 18.3 Å². The predicted octanol–water partition coefficient (Wildman–Crippen LogP) is 3.39. The van der Waals surface area contributed by atoms with Crippen LogP contribution >= 0.6 is 22.9 Å². The summed E-state index contributed by atoms with van der Waals surface area (Å²) in [5.74, 6) is 0. The van der Waals surface area contributed by atoms with Gasteiger partial charge < -0.3 is 5.32 Å². The molecule has 2 aromatic heterocycles. The zero-order chi connectivity index (χ0) is 14.7. The summed E-state index contributed by atoms with van der Waals surface area (Å²) in [4.78, 5) is 4.57. The van der Waals surface area contributed by atoms with Crippen LogP contribution in [0.2, 0.25) is 5.02 Å². The van der Waals surface area contributed by atoms with Gasteiger partial charge in [-0.3, -0.25) is 4.68 Å². The van der Waals surface area contributed by atoms with Crippen molar-refractivity contribution >= 4 is 22.9 Å². The molecular weight excluding hydrogens is 292 g/mol. The van der Waals surface area contributed by atoms with Gasteiger partial charge in [-0.05, 0) is 27.3 Å². The molecule has 0 aliphatic heterocycles. The quantitative estimate of drug-likeness (QED) is 0.889. The Morgan fingerprint density at radius 2 is 2.20 bits per heavy atom. The number of nitrogens with one attached hydrogen (secondary N) is 1. The van der Waals surface area contributed by atoms with Gasteiger partial charge in [-0.2, -0.15) is 5.10 Å². The van der Waals surface area contributed by atoms with Crippen LogP contribution < -0.4 is 5.32 Å². The molecule has 1 N–H and O–H groups in total. The van der Waals surface area contributed by atoms with E-state index in [1.54, 1.807) is 11.3 Å². The average Bonchev–Trinajstić information content (AvgIpc) is 3.00. The van der Waals surface area contributed by atoms with Crippen molar-refractivity contribution < 1.29 is 0 Å². The summed E-state index contributed by atoms with van der Waals surface area (Å²) < 4.78 is 2.00. The van der Waals surface area contributed by atoms with E-state index in [0.29, 0.717) is 0 Å². The number of aromatic nitrogens is 3. The van der Waals surface area contributed by atoms with Crippen LogP contribution in [0.15, 0.2) is 5.38 Å². The molecule has 2 heterocycles. The van der Waals surface area contributed by atoms with Crippen LogP contribution in [-0.4, -0.2) is 21.8 Å². The zero-order valence-corrected chi connectivity index (χ0v) is 14.0. The molecule has 2 aromatic rings. The van der Waals surface area contributed by atoms with Gasteiger partial charge in [0.2, 0.25) is 0 Å². The van der Waals surface area contributed by atoms with Crippen LogP contribution in [-0.2, 0) is 19.4 Å². The molecule has 0 radical (unpaired) electrons. The number of likely N-dealkylation sites (N-methyl/N-ethyl adjacent to an activating group) is 1. The molecule has 1 atom stereocenters. The molecule has 0 saturated carbocycles. The normalized spacial score (nSPS) is 12.8. The summed E-state index contributed by atoms with van der Waals surface area (Å²) >= 11 is 8.15. The largest absolute Gasteiger partial charge is 0.311 e. The highest BCUT2D eigenvalue weighted by Gasteiger charge is 2.20. The summed E-state index contributed by atoms with van der Waals surface area (Å²) in [6, 6.07) is 0.171. The third kappa shape index (κ3) is 3.05. The number of halogens is 1. The smallest absolute Gasteiger partial charge is 0.0898 e. The fraction of sp³-hybridized carbons (Fsp3) is 0.571. The lowest BCUT2D eigenvalue weighted by Crippen LogP contribution is -2.21. The molecule has 20 heavy (non-hydrogen) atoms. The van der Waals surface area contributed by atoms with E-state index < -0.39 is 0 Å². The number of aryl methyl sites for hydroxylation is 3. The summed E-state index contributed by atoms with van der Waals surface area (Å²) in [5.41, 5.74) is 3.15. The van der Waals surface area contributed by atoms with Crippen LogP contribution in [0.3, 0.4) is 0 Å². The molecule has 4 nitrogen and oxygen atoms in total. The molecule has 0 aliphatic rings. The van der Waals surface area contributed by atoms with E-state index >= 15 is 0 Å². The molecule has 0 amide bonds. The maximum Gasteiger partial charge on any atom is 0.0898 e. The first-order valence-corrected chi connectivity index (χ1v) is 8.19. The van der Waals surface area contributed by atoms with Gasteiger partial charge in [0.05, 0.1) is 33.2 Å². The average molecular weight is 313 g/mol. The predicted molar refractivity (Wildman–Crippen MR) is 84.6 cm³/mol. The topological polar surface area (TPSA) is 42.7 Å². The van der Waals surface area contributed by atoms with Crippen molar-refractivity contribution in [3.8, 4) is 0 Å². The molecule has 0 spiro atoms. The van der Waals surface area contributed by atoms with Gasteiger partial charge in [0.15, 0.2) is 0 Å². The van der Waals surface area contributed by atoms with Gasteiger partial charge in [0.1, 0.15) is 0 Å². The lowest BCUT2D eigenvalue weighted by atomic mass is 10.1. The monoisotopic (exact) mass is 312 g/mol. The first-order chi connectivity index (χ1) is 9.60. The Labute approximate surface area is 129 Å². The van der Waals surface area contributed by atoms with Gasteiger partial charge in [0.25, 0.3) is 0 Å². The molecule has 0 saturated heterocycles. The maximum atomic E-state index is 6.47. The summed E-state index contributed by atoms with van der Waals surface area (Å²) in [6.45, 7) is 7.03. The Hall–Kier alpha value is -0.910. The van der Waals surface area contributed by atoms with E-state index in [4.69, 9.17) is 11.6 Å². The second kappa shape index (κ2) is 6.70. The number of thiazole rings is 1. The minimum Gasteiger partial charge on any atom is -0.311 e. The molecule has 0 aliphatic carbocycles. The third-order valence-corrected chi connectivity index (χ3v) is 4.66. The standard InChI is InChI=1S/C14H21ClN4S/c1-5-10-14(15)13(19(6-2)18-10)7-11(16-4)12-8-20-9(3)17-12/h8,11,16H,5-7H2,1-4H3. The van der Waals surface area contributed by atoms with Gasteiger partial charge >= 0.3 is 0 Å². The fourth-order valence-corrected chi connectivity index (χ4v) is 3.31.